The molecule has 110 valence electrons. The number of benzene rings is 1. The molecule has 0 heterocycles. The van der Waals surface area contributed by atoms with Crippen LogP contribution in [0.1, 0.15) is 24.0 Å². The molecule has 1 aromatic carbocycles. The number of carbonyl (C=O) groups is 1. The van der Waals surface area contributed by atoms with Crippen LogP contribution in [0.25, 0.3) is 0 Å². The minimum atomic E-state index is -3.78. The molecule has 1 saturated carbocycles. The van der Waals surface area contributed by atoms with Gasteiger partial charge in [-0.3, -0.25) is 4.79 Å². The van der Waals surface area contributed by atoms with E-state index in [1.54, 1.807) is 6.92 Å². The number of anilines is 1. The van der Waals surface area contributed by atoms with Crippen LogP contribution in [0.4, 0.5) is 5.69 Å². The van der Waals surface area contributed by atoms with Crippen LogP contribution in [-0.4, -0.2) is 26.9 Å². The second-order valence-electron chi connectivity index (χ2n) is 5.16. The van der Waals surface area contributed by atoms with Crippen LogP contribution in [0, 0.1) is 13.8 Å². The average molecular weight is 297 g/mol. The number of rotatable bonds is 5. The van der Waals surface area contributed by atoms with E-state index in [0.717, 1.165) is 24.0 Å². The van der Waals surface area contributed by atoms with E-state index < -0.39 is 10.0 Å². The Morgan fingerprint density at radius 2 is 2.00 bits per heavy atom. The van der Waals surface area contributed by atoms with Gasteiger partial charge in [-0.15, -0.1) is 0 Å². The Balaban J connectivity index is 2.16. The summed E-state index contributed by atoms with van der Waals surface area (Å²) in [4.78, 5) is 11.8. The molecule has 1 fully saturated rings. The van der Waals surface area contributed by atoms with Crippen molar-refractivity contribution < 1.29 is 13.2 Å². The first-order valence-corrected chi connectivity index (χ1v) is 7.99. The van der Waals surface area contributed by atoms with Crippen LogP contribution in [0.3, 0.4) is 0 Å². The maximum atomic E-state index is 11.8. The molecule has 0 unspecified atom stereocenters. The van der Waals surface area contributed by atoms with Crippen molar-refractivity contribution in [3.63, 3.8) is 0 Å². The summed E-state index contributed by atoms with van der Waals surface area (Å²) in [7, 11) is -3.78. The molecule has 7 heteroatoms. The number of amides is 1. The van der Waals surface area contributed by atoms with Gasteiger partial charge in [0.15, 0.2) is 0 Å². The quantitative estimate of drug-likeness (QED) is 0.742. The molecule has 0 radical (unpaired) electrons. The Hall–Kier alpha value is -1.44. The molecular formula is C13H19N3O3S. The molecule has 0 aromatic heterocycles. The minimum Gasteiger partial charge on any atom is -0.325 e. The summed E-state index contributed by atoms with van der Waals surface area (Å²) in [5, 5.41) is 11.0. The highest BCUT2D eigenvalue weighted by atomic mass is 32.2. The third-order valence-electron chi connectivity index (χ3n) is 3.37. The Labute approximate surface area is 118 Å². The van der Waals surface area contributed by atoms with Crippen molar-refractivity contribution in [2.24, 2.45) is 5.14 Å². The topological polar surface area (TPSA) is 101 Å². The van der Waals surface area contributed by atoms with Crippen molar-refractivity contribution in [1.82, 2.24) is 5.32 Å². The predicted octanol–water partition coefficient (Wildman–Crippen LogP) is 0.641. The normalized spacial score (nSPS) is 15.2. The van der Waals surface area contributed by atoms with E-state index in [9.17, 15) is 13.2 Å². The highest BCUT2D eigenvalue weighted by molar-refractivity contribution is 7.89. The Kier molecular flexibility index (Phi) is 4.12. The molecule has 0 bridgehead atoms. The molecule has 1 amide bonds. The third kappa shape index (κ3) is 3.78. The van der Waals surface area contributed by atoms with Crippen LogP contribution in [-0.2, 0) is 14.8 Å². The van der Waals surface area contributed by atoms with E-state index in [2.05, 4.69) is 10.6 Å². The van der Waals surface area contributed by atoms with Crippen LogP contribution >= 0.6 is 0 Å². The zero-order valence-corrected chi connectivity index (χ0v) is 12.4. The van der Waals surface area contributed by atoms with Crippen molar-refractivity contribution >= 4 is 21.6 Å². The fourth-order valence-corrected chi connectivity index (χ4v) is 2.46. The van der Waals surface area contributed by atoms with Crippen LogP contribution in [0.15, 0.2) is 17.0 Å². The molecule has 20 heavy (non-hydrogen) atoms. The smallest absolute Gasteiger partial charge is 0.238 e. The number of aryl methyl sites for hydroxylation is 1. The lowest BCUT2D eigenvalue weighted by Gasteiger charge is -2.13. The molecule has 0 aliphatic heterocycles. The fourth-order valence-electron chi connectivity index (χ4n) is 1.84. The van der Waals surface area contributed by atoms with Crippen molar-refractivity contribution in [2.75, 3.05) is 11.9 Å². The first kappa shape index (κ1) is 15.0. The van der Waals surface area contributed by atoms with Gasteiger partial charge in [0.25, 0.3) is 0 Å². The maximum Gasteiger partial charge on any atom is 0.238 e. The number of carbonyl (C=O) groups excluding carboxylic acids is 1. The van der Waals surface area contributed by atoms with Gasteiger partial charge in [-0.05, 0) is 49.9 Å². The van der Waals surface area contributed by atoms with E-state index in [1.807, 2.05) is 6.92 Å². The molecule has 1 aromatic rings. The predicted molar refractivity (Wildman–Crippen MR) is 76.9 cm³/mol. The van der Waals surface area contributed by atoms with Crippen molar-refractivity contribution in [3.8, 4) is 0 Å². The van der Waals surface area contributed by atoms with Gasteiger partial charge in [-0.1, -0.05) is 0 Å². The monoisotopic (exact) mass is 297 g/mol. The maximum absolute atomic E-state index is 11.8. The van der Waals surface area contributed by atoms with Crippen molar-refractivity contribution in [2.45, 2.75) is 37.6 Å². The Morgan fingerprint density at radius 1 is 1.35 bits per heavy atom. The van der Waals surface area contributed by atoms with E-state index in [1.165, 1.54) is 12.1 Å². The highest BCUT2D eigenvalue weighted by Gasteiger charge is 2.21. The van der Waals surface area contributed by atoms with Gasteiger partial charge in [-0.25, -0.2) is 13.6 Å². The summed E-state index contributed by atoms with van der Waals surface area (Å²) >= 11 is 0. The summed E-state index contributed by atoms with van der Waals surface area (Å²) in [6.45, 7) is 3.83. The van der Waals surface area contributed by atoms with E-state index in [0.29, 0.717) is 11.7 Å². The number of nitrogens with one attached hydrogen (secondary N) is 2. The van der Waals surface area contributed by atoms with Crippen LogP contribution in [0.5, 0.6) is 0 Å². The lowest BCUT2D eigenvalue weighted by atomic mass is 10.1. The van der Waals surface area contributed by atoms with E-state index >= 15 is 0 Å². The zero-order chi connectivity index (χ0) is 14.9. The average Bonchev–Trinajstić information content (AvgIpc) is 3.15. The second-order valence-corrected chi connectivity index (χ2v) is 6.72. The first-order chi connectivity index (χ1) is 9.27. The molecule has 0 saturated heterocycles. The van der Waals surface area contributed by atoms with E-state index in [-0.39, 0.29) is 17.3 Å². The summed E-state index contributed by atoms with van der Waals surface area (Å²) in [5.41, 5.74) is 2.08. The number of primary sulfonamides is 1. The molecule has 0 atom stereocenters. The SMILES string of the molecule is Cc1cc(S(N)(=O)=O)cc(NC(=O)CNC2CC2)c1C. The van der Waals surface area contributed by atoms with Gasteiger partial charge in [0.2, 0.25) is 15.9 Å². The molecule has 2 rings (SSSR count). The molecule has 6 nitrogen and oxygen atoms in total. The van der Waals surface area contributed by atoms with E-state index in [4.69, 9.17) is 5.14 Å². The van der Waals surface area contributed by atoms with Gasteiger partial charge in [0.05, 0.1) is 11.4 Å². The Morgan fingerprint density at radius 3 is 2.55 bits per heavy atom. The lowest BCUT2D eigenvalue weighted by Crippen LogP contribution is -2.29. The van der Waals surface area contributed by atoms with Crippen LogP contribution in [0.2, 0.25) is 0 Å². The number of hydrogen-bond acceptors (Lipinski definition) is 4. The number of sulfonamides is 1. The van der Waals surface area contributed by atoms with Gasteiger partial charge in [0, 0.05) is 11.7 Å². The summed E-state index contributed by atoms with van der Waals surface area (Å²) in [5.74, 6) is -0.189. The van der Waals surface area contributed by atoms with Gasteiger partial charge < -0.3 is 10.6 Å². The minimum absolute atomic E-state index is 0.00560. The first-order valence-electron chi connectivity index (χ1n) is 6.44. The van der Waals surface area contributed by atoms with Gasteiger partial charge in [0.1, 0.15) is 0 Å². The summed E-state index contributed by atoms with van der Waals surface area (Å²) in [6, 6.07) is 3.34. The lowest BCUT2D eigenvalue weighted by molar-refractivity contribution is -0.115. The number of hydrogen-bond donors (Lipinski definition) is 3. The molecular weight excluding hydrogens is 278 g/mol. The molecule has 1 aliphatic carbocycles. The second kappa shape index (κ2) is 5.51. The van der Waals surface area contributed by atoms with Crippen molar-refractivity contribution in [3.05, 3.63) is 23.3 Å². The molecule has 0 spiro atoms. The highest BCUT2D eigenvalue weighted by Crippen LogP contribution is 2.23. The summed E-state index contributed by atoms with van der Waals surface area (Å²) in [6.07, 6.45) is 2.21. The third-order valence-corrected chi connectivity index (χ3v) is 4.26. The largest absolute Gasteiger partial charge is 0.325 e. The fraction of sp³-hybridized carbons (Fsp3) is 0.462. The summed E-state index contributed by atoms with van der Waals surface area (Å²) < 4.78 is 22.8. The zero-order valence-electron chi connectivity index (χ0n) is 11.6. The van der Waals surface area contributed by atoms with Gasteiger partial charge in [-0.2, -0.15) is 0 Å². The van der Waals surface area contributed by atoms with Crippen LogP contribution < -0.4 is 15.8 Å². The standard InChI is InChI=1S/C13H19N3O3S/c1-8-5-11(20(14,18)19)6-12(9(8)2)16-13(17)7-15-10-3-4-10/h5-6,10,15H,3-4,7H2,1-2H3,(H,16,17)(H2,14,18,19). The molecule has 4 N–H and O–H groups in total. The molecule has 1 aliphatic rings. The Bertz CT molecular complexity index is 637. The van der Waals surface area contributed by atoms with Gasteiger partial charge >= 0.3 is 0 Å². The van der Waals surface area contributed by atoms with Crippen molar-refractivity contribution in [1.29, 1.82) is 0 Å². The number of nitrogens with two attached hydrogens (primary N) is 1.